The van der Waals surface area contributed by atoms with Gasteiger partial charge in [0, 0.05) is 25.2 Å². The topological polar surface area (TPSA) is 3.24 Å². The zero-order valence-corrected chi connectivity index (χ0v) is 10.0. The molecule has 1 heterocycles. The average Bonchev–Trinajstić information content (AvgIpc) is 2.34. The summed E-state index contributed by atoms with van der Waals surface area (Å²) in [6, 6.07) is 8.43. The molecule has 94 valence electrons. The van der Waals surface area contributed by atoms with Gasteiger partial charge in [0.1, 0.15) is 0 Å². The molecular formula is C14H19F2N. The molecule has 0 radical (unpaired) electrons. The number of para-hydroxylation sites is 1. The fourth-order valence-electron chi connectivity index (χ4n) is 2.45. The van der Waals surface area contributed by atoms with Crippen LogP contribution in [-0.4, -0.2) is 19.5 Å². The molecule has 0 unspecified atom stereocenters. The number of hydrogen-bond donors (Lipinski definition) is 0. The third-order valence-electron chi connectivity index (χ3n) is 3.31. The highest BCUT2D eigenvalue weighted by Crippen LogP contribution is 2.26. The summed E-state index contributed by atoms with van der Waals surface area (Å²) in [6.07, 6.45) is 1.68. The zero-order chi connectivity index (χ0) is 12.1. The van der Waals surface area contributed by atoms with Gasteiger partial charge in [0.25, 0.3) is 0 Å². The van der Waals surface area contributed by atoms with Crippen molar-refractivity contribution in [2.75, 3.05) is 18.0 Å². The normalized spacial score (nSPS) is 15.1. The molecule has 2 rings (SSSR count). The molecule has 0 N–H and O–H groups in total. The van der Waals surface area contributed by atoms with Crippen LogP contribution in [0.3, 0.4) is 0 Å². The van der Waals surface area contributed by atoms with Crippen LogP contribution in [0.4, 0.5) is 14.5 Å². The van der Waals surface area contributed by atoms with E-state index >= 15 is 0 Å². The van der Waals surface area contributed by atoms with Gasteiger partial charge in [-0.15, -0.1) is 0 Å². The summed E-state index contributed by atoms with van der Waals surface area (Å²) in [5.74, 6) is 0. The highest BCUT2D eigenvalue weighted by Gasteiger charge is 2.15. The minimum Gasteiger partial charge on any atom is -0.371 e. The largest absolute Gasteiger partial charge is 0.371 e. The Morgan fingerprint density at radius 1 is 1.18 bits per heavy atom. The van der Waals surface area contributed by atoms with Crippen molar-refractivity contribution >= 4 is 5.69 Å². The van der Waals surface area contributed by atoms with Crippen LogP contribution >= 0.6 is 0 Å². The van der Waals surface area contributed by atoms with E-state index in [0.717, 1.165) is 25.9 Å². The summed E-state index contributed by atoms with van der Waals surface area (Å²) in [5.41, 5.74) is 2.70. The van der Waals surface area contributed by atoms with Gasteiger partial charge in [-0.25, -0.2) is 8.78 Å². The number of rotatable bonds is 5. The van der Waals surface area contributed by atoms with Crippen molar-refractivity contribution in [2.24, 2.45) is 0 Å². The predicted molar refractivity (Wildman–Crippen MR) is 66.8 cm³/mol. The molecule has 0 saturated heterocycles. The number of aryl methyl sites for hydroxylation is 1. The van der Waals surface area contributed by atoms with E-state index in [-0.39, 0.29) is 6.42 Å². The van der Waals surface area contributed by atoms with E-state index in [1.54, 1.807) is 0 Å². The Labute approximate surface area is 101 Å². The quantitative estimate of drug-likeness (QED) is 0.705. The molecule has 0 atom stereocenters. The number of halogens is 2. The van der Waals surface area contributed by atoms with Gasteiger partial charge < -0.3 is 4.90 Å². The van der Waals surface area contributed by atoms with Crippen molar-refractivity contribution in [3.8, 4) is 0 Å². The molecule has 1 aliphatic rings. The van der Waals surface area contributed by atoms with Gasteiger partial charge in [0.2, 0.25) is 6.43 Å². The third kappa shape index (κ3) is 3.42. The van der Waals surface area contributed by atoms with Crippen molar-refractivity contribution in [3.63, 3.8) is 0 Å². The molecule has 0 bridgehead atoms. The summed E-state index contributed by atoms with van der Waals surface area (Å²) >= 11 is 0. The number of benzene rings is 1. The van der Waals surface area contributed by atoms with Crippen LogP contribution in [0.2, 0.25) is 0 Å². The predicted octanol–water partition coefficient (Wildman–Crippen LogP) is 3.87. The lowest BCUT2D eigenvalue weighted by Gasteiger charge is -2.31. The lowest BCUT2D eigenvalue weighted by molar-refractivity contribution is 0.134. The van der Waals surface area contributed by atoms with Gasteiger partial charge >= 0.3 is 0 Å². The smallest absolute Gasteiger partial charge is 0.238 e. The molecule has 1 aromatic carbocycles. The Balaban J connectivity index is 1.86. The standard InChI is InChI=1S/C14H19F2N/c15-14(16)9-3-4-10-17-11-5-7-12-6-1-2-8-13(12)17/h1-2,6,8,14H,3-5,7,9-11H2. The average molecular weight is 239 g/mol. The molecule has 17 heavy (non-hydrogen) atoms. The fraction of sp³-hybridized carbons (Fsp3) is 0.571. The molecule has 0 saturated carbocycles. The minimum atomic E-state index is -2.15. The summed E-state index contributed by atoms with van der Waals surface area (Å²) in [7, 11) is 0. The van der Waals surface area contributed by atoms with Crippen LogP contribution in [0.5, 0.6) is 0 Å². The second-order valence-electron chi connectivity index (χ2n) is 4.61. The summed E-state index contributed by atoms with van der Waals surface area (Å²) in [5, 5.41) is 0. The second-order valence-corrected chi connectivity index (χ2v) is 4.61. The number of fused-ring (bicyclic) bond motifs is 1. The second kappa shape index (κ2) is 5.99. The molecule has 1 aromatic rings. The zero-order valence-electron chi connectivity index (χ0n) is 10.0. The third-order valence-corrected chi connectivity index (χ3v) is 3.31. The maximum absolute atomic E-state index is 12.0. The summed E-state index contributed by atoms with van der Waals surface area (Å²) in [4.78, 5) is 2.34. The van der Waals surface area contributed by atoms with E-state index in [4.69, 9.17) is 0 Å². The van der Waals surface area contributed by atoms with Crippen LogP contribution in [0.1, 0.15) is 31.2 Å². The Kier molecular flexibility index (Phi) is 4.35. The summed E-state index contributed by atoms with van der Waals surface area (Å²) in [6.45, 7) is 1.97. The van der Waals surface area contributed by atoms with Crippen LogP contribution in [0.25, 0.3) is 0 Å². The van der Waals surface area contributed by atoms with Crippen LogP contribution < -0.4 is 4.90 Å². The molecule has 1 nitrogen and oxygen atoms in total. The van der Waals surface area contributed by atoms with Crippen LogP contribution in [0, 0.1) is 0 Å². The Morgan fingerprint density at radius 3 is 2.82 bits per heavy atom. The SMILES string of the molecule is FC(F)CCCCN1CCCc2ccccc21. The van der Waals surface area contributed by atoms with Gasteiger partial charge in [-0.2, -0.15) is 0 Å². The Bertz CT molecular complexity index is 352. The first-order valence-electron chi connectivity index (χ1n) is 6.38. The minimum absolute atomic E-state index is 0.0372. The van der Waals surface area contributed by atoms with Crippen molar-refractivity contribution in [2.45, 2.75) is 38.5 Å². The maximum Gasteiger partial charge on any atom is 0.238 e. The first-order valence-corrected chi connectivity index (χ1v) is 6.38. The Morgan fingerprint density at radius 2 is 2.00 bits per heavy atom. The number of anilines is 1. The van der Waals surface area contributed by atoms with Gasteiger partial charge in [0.15, 0.2) is 0 Å². The molecule has 1 aliphatic heterocycles. The maximum atomic E-state index is 12.0. The molecule has 0 fully saturated rings. The number of unbranched alkanes of at least 4 members (excludes halogenated alkanes) is 1. The number of nitrogens with zero attached hydrogens (tertiary/aromatic N) is 1. The monoisotopic (exact) mass is 239 g/mol. The van der Waals surface area contributed by atoms with E-state index in [9.17, 15) is 8.78 Å². The van der Waals surface area contributed by atoms with E-state index in [1.165, 1.54) is 17.7 Å². The molecule has 0 spiro atoms. The van der Waals surface area contributed by atoms with Crippen molar-refractivity contribution in [1.82, 2.24) is 0 Å². The van der Waals surface area contributed by atoms with E-state index < -0.39 is 6.43 Å². The van der Waals surface area contributed by atoms with Crippen molar-refractivity contribution in [3.05, 3.63) is 29.8 Å². The van der Waals surface area contributed by atoms with Crippen molar-refractivity contribution in [1.29, 1.82) is 0 Å². The molecule has 0 aliphatic carbocycles. The molecule has 3 heteroatoms. The lowest BCUT2D eigenvalue weighted by Crippen LogP contribution is -2.30. The van der Waals surface area contributed by atoms with Gasteiger partial charge in [-0.3, -0.25) is 0 Å². The lowest BCUT2D eigenvalue weighted by atomic mass is 10.0. The number of hydrogen-bond acceptors (Lipinski definition) is 1. The highest BCUT2D eigenvalue weighted by atomic mass is 19.3. The molecule has 0 aromatic heterocycles. The van der Waals surface area contributed by atoms with Crippen LogP contribution in [-0.2, 0) is 6.42 Å². The van der Waals surface area contributed by atoms with Crippen LogP contribution in [0.15, 0.2) is 24.3 Å². The van der Waals surface area contributed by atoms with E-state index in [1.807, 2.05) is 0 Å². The fourth-order valence-corrected chi connectivity index (χ4v) is 2.45. The first-order chi connectivity index (χ1) is 8.27. The summed E-state index contributed by atoms with van der Waals surface area (Å²) < 4.78 is 24.1. The van der Waals surface area contributed by atoms with Gasteiger partial charge in [-0.1, -0.05) is 18.2 Å². The van der Waals surface area contributed by atoms with Gasteiger partial charge in [0.05, 0.1) is 0 Å². The van der Waals surface area contributed by atoms with Crippen molar-refractivity contribution < 1.29 is 8.78 Å². The Hall–Kier alpha value is -1.12. The number of alkyl halides is 2. The van der Waals surface area contributed by atoms with E-state index in [0.29, 0.717) is 6.42 Å². The first kappa shape index (κ1) is 12.3. The molecular weight excluding hydrogens is 220 g/mol. The highest BCUT2D eigenvalue weighted by molar-refractivity contribution is 5.55. The molecule has 0 amide bonds. The van der Waals surface area contributed by atoms with Gasteiger partial charge in [-0.05, 0) is 37.3 Å². The van der Waals surface area contributed by atoms with E-state index in [2.05, 4.69) is 29.2 Å².